The summed E-state index contributed by atoms with van der Waals surface area (Å²) in [4.78, 5) is 0. The van der Waals surface area contributed by atoms with Gasteiger partial charge >= 0.3 is 5.65 Å². The third-order valence-electron chi connectivity index (χ3n) is 3.54. The first-order chi connectivity index (χ1) is 9.88. The Morgan fingerprint density at radius 1 is 1.33 bits per heavy atom. The van der Waals surface area contributed by atoms with Crippen molar-refractivity contribution >= 4 is 33.6 Å². The largest absolute Gasteiger partial charge is 0.710 e. The molecule has 0 radical (unpaired) electrons. The lowest BCUT2D eigenvalue weighted by Gasteiger charge is -2.08. The van der Waals surface area contributed by atoms with E-state index >= 15 is 0 Å². The number of aromatic nitrogens is 5. The van der Waals surface area contributed by atoms with E-state index in [1.165, 1.54) is 11.8 Å². The Morgan fingerprint density at radius 2 is 2.05 bits per heavy atom. The molecule has 3 heterocycles. The van der Waals surface area contributed by atoms with E-state index in [0.29, 0.717) is 11.6 Å². The highest BCUT2D eigenvalue weighted by Gasteiger charge is 2.19. The summed E-state index contributed by atoms with van der Waals surface area (Å²) in [5.74, 6) is 0.396. The van der Waals surface area contributed by atoms with Gasteiger partial charge < -0.3 is 5.21 Å². The van der Waals surface area contributed by atoms with E-state index in [1.807, 2.05) is 23.9 Å². The van der Waals surface area contributed by atoms with Crippen molar-refractivity contribution in [2.24, 2.45) is 7.05 Å². The molecular weight excluding hydrogens is 381 g/mol. The number of fused-ring (bicyclic) bond motifs is 1. The standard InChI is InChI=1S/C14H16IN5O/c1-8(2)12-9(3)20(16-13(12)15)11-5-10-6-18(4)17-14(10)19(21)7-11/h5-8H,1-4H3. The van der Waals surface area contributed by atoms with Crippen LogP contribution in [-0.4, -0.2) is 19.6 Å². The Morgan fingerprint density at radius 3 is 2.67 bits per heavy atom. The van der Waals surface area contributed by atoms with E-state index in [-0.39, 0.29) is 0 Å². The fraction of sp³-hybridized carbons (Fsp3) is 0.357. The van der Waals surface area contributed by atoms with Crippen molar-refractivity contribution < 1.29 is 4.73 Å². The summed E-state index contributed by atoms with van der Waals surface area (Å²) in [6.45, 7) is 6.33. The Labute approximate surface area is 136 Å². The summed E-state index contributed by atoms with van der Waals surface area (Å²) in [7, 11) is 1.80. The van der Waals surface area contributed by atoms with Crippen LogP contribution in [0.4, 0.5) is 0 Å². The second kappa shape index (κ2) is 4.97. The number of nitrogens with zero attached hydrogens (tertiary/aromatic N) is 5. The Kier molecular flexibility index (Phi) is 3.39. The minimum atomic E-state index is 0.396. The molecule has 0 fully saturated rings. The van der Waals surface area contributed by atoms with Crippen molar-refractivity contribution in [3.8, 4) is 5.69 Å². The van der Waals surface area contributed by atoms with Gasteiger partial charge in [-0.1, -0.05) is 13.8 Å². The number of hydrogen-bond donors (Lipinski definition) is 0. The third-order valence-corrected chi connectivity index (χ3v) is 4.33. The van der Waals surface area contributed by atoms with Crippen molar-refractivity contribution in [3.05, 3.63) is 38.6 Å². The van der Waals surface area contributed by atoms with Crippen molar-refractivity contribution in [3.63, 3.8) is 0 Å². The van der Waals surface area contributed by atoms with Gasteiger partial charge in [0.05, 0.1) is 23.7 Å². The SMILES string of the molecule is Cc1c(C(C)C)c(I)nn1-c1cc2cn(C)nc2[n+]([O-])c1. The Balaban J connectivity index is 2.23. The molecule has 0 aliphatic heterocycles. The zero-order valence-electron chi connectivity index (χ0n) is 12.3. The highest BCUT2D eigenvalue weighted by Crippen LogP contribution is 2.26. The maximum absolute atomic E-state index is 12.1. The van der Waals surface area contributed by atoms with E-state index in [1.54, 1.807) is 11.7 Å². The van der Waals surface area contributed by atoms with Gasteiger partial charge in [0.25, 0.3) is 0 Å². The van der Waals surface area contributed by atoms with Crippen LogP contribution in [0.25, 0.3) is 16.7 Å². The normalized spacial score (nSPS) is 11.7. The molecule has 0 bridgehead atoms. The molecule has 0 aliphatic carbocycles. The number of rotatable bonds is 2. The summed E-state index contributed by atoms with van der Waals surface area (Å²) in [5.41, 5.74) is 3.47. The van der Waals surface area contributed by atoms with E-state index < -0.39 is 0 Å². The van der Waals surface area contributed by atoms with Gasteiger partial charge in [-0.25, -0.2) is 9.41 Å². The topological polar surface area (TPSA) is 62.6 Å². The molecule has 0 saturated heterocycles. The van der Waals surface area contributed by atoms with Crippen LogP contribution >= 0.6 is 22.6 Å². The molecule has 7 heteroatoms. The van der Waals surface area contributed by atoms with Crippen LogP contribution in [0.5, 0.6) is 0 Å². The third kappa shape index (κ3) is 2.29. The summed E-state index contributed by atoms with van der Waals surface area (Å²) < 4.78 is 5.25. The second-order valence-electron chi connectivity index (χ2n) is 5.46. The molecule has 0 N–H and O–H groups in total. The van der Waals surface area contributed by atoms with E-state index in [0.717, 1.165) is 25.2 Å². The fourth-order valence-corrected chi connectivity index (χ4v) is 3.88. The molecule has 21 heavy (non-hydrogen) atoms. The summed E-state index contributed by atoms with van der Waals surface area (Å²) in [5, 5.41) is 21.7. The lowest BCUT2D eigenvalue weighted by molar-refractivity contribution is -0.579. The molecular formula is C14H16IN5O. The minimum absolute atomic E-state index is 0.396. The number of pyridine rings is 1. The molecule has 0 spiro atoms. The predicted molar refractivity (Wildman–Crippen MR) is 88.3 cm³/mol. The minimum Gasteiger partial charge on any atom is -0.710 e. The van der Waals surface area contributed by atoms with Crippen LogP contribution < -0.4 is 4.73 Å². The summed E-state index contributed by atoms with van der Waals surface area (Å²) >= 11 is 2.25. The van der Waals surface area contributed by atoms with Crippen molar-refractivity contribution in [1.82, 2.24) is 19.6 Å². The average Bonchev–Trinajstić information content (AvgIpc) is 2.89. The van der Waals surface area contributed by atoms with Crippen LogP contribution in [0.1, 0.15) is 31.0 Å². The van der Waals surface area contributed by atoms with Gasteiger partial charge in [-0.2, -0.15) is 9.78 Å². The van der Waals surface area contributed by atoms with Gasteiger partial charge in [-0.15, -0.1) is 0 Å². The van der Waals surface area contributed by atoms with E-state index in [4.69, 9.17) is 0 Å². The lowest BCUT2D eigenvalue weighted by Crippen LogP contribution is -2.28. The highest BCUT2D eigenvalue weighted by molar-refractivity contribution is 14.1. The number of hydrogen-bond acceptors (Lipinski definition) is 3. The molecule has 3 rings (SSSR count). The fourth-order valence-electron chi connectivity index (χ4n) is 2.65. The quantitative estimate of drug-likeness (QED) is 0.379. The average molecular weight is 397 g/mol. The van der Waals surface area contributed by atoms with E-state index in [2.05, 4.69) is 46.6 Å². The molecule has 0 amide bonds. The smallest absolute Gasteiger partial charge is 0.360 e. The molecule has 0 aromatic carbocycles. The zero-order chi connectivity index (χ0) is 15.3. The first kappa shape index (κ1) is 14.3. The number of aryl methyl sites for hydroxylation is 1. The van der Waals surface area contributed by atoms with Crippen LogP contribution in [0, 0.1) is 15.8 Å². The predicted octanol–water partition coefficient (Wildman–Crippen LogP) is 2.43. The number of halogens is 1. The maximum atomic E-state index is 12.1. The Bertz CT molecular complexity index is 834. The molecule has 0 saturated carbocycles. The molecule has 3 aromatic rings. The first-order valence-electron chi connectivity index (χ1n) is 6.70. The summed E-state index contributed by atoms with van der Waals surface area (Å²) in [6, 6.07) is 1.94. The van der Waals surface area contributed by atoms with Gasteiger partial charge in [-0.3, -0.25) is 0 Å². The van der Waals surface area contributed by atoms with Crippen LogP contribution in [0.2, 0.25) is 0 Å². The van der Waals surface area contributed by atoms with Gasteiger partial charge in [0.15, 0.2) is 0 Å². The highest BCUT2D eigenvalue weighted by atomic mass is 127. The van der Waals surface area contributed by atoms with Gasteiger partial charge in [0.2, 0.25) is 0 Å². The van der Waals surface area contributed by atoms with E-state index in [9.17, 15) is 5.21 Å². The van der Waals surface area contributed by atoms with Crippen LogP contribution in [0.3, 0.4) is 0 Å². The molecule has 0 atom stereocenters. The maximum Gasteiger partial charge on any atom is 0.360 e. The van der Waals surface area contributed by atoms with Crippen LogP contribution in [-0.2, 0) is 7.05 Å². The summed E-state index contributed by atoms with van der Waals surface area (Å²) in [6.07, 6.45) is 3.36. The van der Waals surface area contributed by atoms with Gasteiger partial charge in [0, 0.05) is 11.3 Å². The molecule has 0 unspecified atom stereocenters. The molecule has 0 aliphatic rings. The van der Waals surface area contributed by atoms with Crippen molar-refractivity contribution in [2.45, 2.75) is 26.7 Å². The monoisotopic (exact) mass is 397 g/mol. The second-order valence-corrected chi connectivity index (χ2v) is 6.48. The molecule has 3 aromatic heterocycles. The first-order valence-corrected chi connectivity index (χ1v) is 7.78. The Hall–Kier alpha value is -1.64. The van der Waals surface area contributed by atoms with Gasteiger partial charge in [0.1, 0.15) is 15.6 Å². The zero-order valence-corrected chi connectivity index (χ0v) is 14.5. The van der Waals surface area contributed by atoms with Gasteiger partial charge in [-0.05, 0) is 41.5 Å². The van der Waals surface area contributed by atoms with Crippen molar-refractivity contribution in [1.29, 1.82) is 0 Å². The molecule has 110 valence electrons. The van der Waals surface area contributed by atoms with Crippen LogP contribution in [0.15, 0.2) is 18.5 Å². The van der Waals surface area contributed by atoms with Crippen molar-refractivity contribution in [2.75, 3.05) is 0 Å². The molecule has 6 nitrogen and oxygen atoms in total. The lowest BCUT2D eigenvalue weighted by atomic mass is 10.1.